The highest BCUT2D eigenvalue weighted by Crippen LogP contribution is 2.19. The van der Waals surface area contributed by atoms with Gasteiger partial charge in [0, 0.05) is 18.6 Å². The van der Waals surface area contributed by atoms with Gasteiger partial charge >= 0.3 is 0 Å². The molecule has 94 valence electrons. The van der Waals surface area contributed by atoms with Crippen LogP contribution in [0.5, 0.6) is 0 Å². The van der Waals surface area contributed by atoms with Gasteiger partial charge in [0.05, 0.1) is 0 Å². The molecule has 1 heterocycles. The van der Waals surface area contributed by atoms with Gasteiger partial charge in [-0.25, -0.2) is 0 Å². The predicted octanol–water partition coefficient (Wildman–Crippen LogP) is 2.74. The Hall–Kier alpha value is -0.860. The summed E-state index contributed by atoms with van der Waals surface area (Å²) < 4.78 is 0. The third-order valence-corrected chi connectivity index (χ3v) is 3.77. The summed E-state index contributed by atoms with van der Waals surface area (Å²) in [6.07, 6.45) is 2.62. The predicted molar refractivity (Wildman–Crippen MR) is 73.2 cm³/mol. The van der Waals surface area contributed by atoms with Crippen molar-refractivity contribution in [2.45, 2.75) is 38.8 Å². The van der Waals surface area contributed by atoms with E-state index in [1.807, 2.05) is 0 Å². The van der Waals surface area contributed by atoms with Gasteiger partial charge in [-0.05, 0) is 51.4 Å². The Morgan fingerprint density at radius 2 is 2.12 bits per heavy atom. The fraction of sp³-hybridized carbons (Fsp3) is 0.600. The molecule has 1 unspecified atom stereocenters. The number of likely N-dealkylation sites (tertiary alicyclic amines) is 1. The molecule has 1 aromatic carbocycles. The molecule has 0 amide bonds. The molecule has 0 aromatic heterocycles. The van der Waals surface area contributed by atoms with Crippen molar-refractivity contribution in [1.82, 2.24) is 10.2 Å². The summed E-state index contributed by atoms with van der Waals surface area (Å²) >= 11 is 0. The monoisotopic (exact) mass is 232 g/mol. The molecule has 1 N–H and O–H groups in total. The number of hydrogen-bond acceptors (Lipinski definition) is 2. The molecule has 1 fully saturated rings. The summed E-state index contributed by atoms with van der Waals surface area (Å²) in [5.74, 6) is 0. The van der Waals surface area contributed by atoms with Gasteiger partial charge in [0.1, 0.15) is 0 Å². The van der Waals surface area contributed by atoms with Crippen LogP contribution in [0.25, 0.3) is 0 Å². The minimum Gasteiger partial charge on any atom is -0.306 e. The first-order valence-corrected chi connectivity index (χ1v) is 6.67. The molecular formula is C15H24N2. The first kappa shape index (κ1) is 12.6. The lowest BCUT2D eigenvalue weighted by Gasteiger charge is -2.32. The van der Waals surface area contributed by atoms with Gasteiger partial charge in [-0.15, -0.1) is 0 Å². The van der Waals surface area contributed by atoms with Gasteiger partial charge < -0.3 is 10.2 Å². The molecule has 1 saturated heterocycles. The van der Waals surface area contributed by atoms with Crippen LogP contribution in [0.4, 0.5) is 0 Å². The Morgan fingerprint density at radius 3 is 2.82 bits per heavy atom. The van der Waals surface area contributed by atoms with Gasteiger partial charge in [0.25, 0.3) is 0 Å². The Morgan fingerprint density at radius 1 is 1.35 bits per heavy atom. The molecule has 0 saturated carbocycles. The number of rotatable bonds is 3. The molecular weight excluding hydrogens is 208 g/mol. The fourth-order valence-corrected chi connectivity index (χ4v) is 2.82. The number of piperidine rings is 1. The lowest BCUT2D eigenvalue weighted by atomic mass is 9.99. The number of hydrogen-bond donors (Lipinski definition) is 1. The van der Waals surface area contributed by atoms with E-state index in [0.717, 1.165) is 0 Å². The Kier molecular flexibility index (Phi) is 4.19. The van der Waals surface area contributed by atoms with Crippen molar-refractivity contribution in [1.29, 1.82) is 0 Å². The van der Waals surface area contributed by atoms with E-state index >= 15 is 0 Å². The van der Waals surface area contributed by atoms with Gasteiger partial charge in [-0.2, -0.15) is 0 Å². The van der Waals surface area contributed by atoms with Gasteiger partial charge in [0.15, 0.2) is 0 Å². The van der Waals surface area contributed by atoms with E-state index in [9.17, 15) is 0 Å². The van der Waals surface area contributed by atoms with E-state index in [4.69, 9.17) is 0 Å². The summed E-state index contributed by atoms with van der Waals surface area (Å²) in [5, 5.41) is 3.76. The Bertz CT molecular complexity index is 362. The van der Waals surface area contributed by atoms with Crippen molar-refractivity contribution in [3.05, 3.63) is 35.4 Å². The van der Waals surface area contributed by atoms with Crippen LogP contribution in [-0.2, 0) is 0 Å². The van der Waals surface area contributed by atoms with Crippen LogP contribution in [0.2, 0.25) is 0 Å². The standard InChI is InChI=1S/C15H24N2/c1-12-7-4-5-9-15(12)13(2)16-14-8-6-10-17(3)11-14/h4-5,7,9,13-14,16H,6,8,10-11H2,1-3H3/t13-,14?/m1/s1. The molecule has 0 radical (unpaired) electrons. The number of benzene rings is 1. The first-order chi connectivity index (χ1) is 8.16. The summed E-state index contributed by atoms with van der Waals surface area (Å²) in [4.78, 5) is 2.42. The highest BCUT2D eigenvalue weighted by molar-refractivity contribution is 5.28. The zero-order valence-corrected chi connectivity index (χ0v) is 11.2. The van der Waals surface area contributed by atoms with Crippen molar-refractivity contribution in [2.75, 3.05) is 20.1 Å². The molecule has 1 aliphatic rings. The smallest absolute Gasteiger partial charge is 0.0297 e. The minimum atomic E-state index is 0.452. The van der Waals surface area contributed by atoms with Gasteiger partial charge in [-0.1, -0.05) is 24.3 Å². The van der Waals surface area contributed by atoms with Crippen LogP contribution in [0.3, 0.4) is 0 Å². The maximum absolute atomic E-state index is 3.76. The van der Waals surface area contributed by atoms with Crippen molar-refractivity contribution in [3.63, 3.8) is 0 Å². The second kappa shape index (κ2) is 5.65. The lowest BCUT2D eigenvalue weighted by Crippen LogP contribution is -2.44. The highest BCUT2D eigenvalue weighted by atomic mass is 15.1. The summed E-state index contributed by atoms with van der Waals surface area (Å²) in [7, 11) is 2.21. The van der Waals surface area contributed by atoms with E-state index < -0.39 is 0 Å². The Labute approximate surface area is 105 Å². The Balaban J connectivity index is 1.97. The quantitative estimate of drug-likeness (QED) is 0.862. The topological polar surface area (TPSA) is 15.3 Å². The van der Waals surface area contributed by atoms with E-state index in [1.54, 1.807) is 0 Å². The first-order valence-electron chi connectivity index (χ1n) is 6.67. The van der Waals surface area contributed by atoms with Crippen LogP contribution >= 0.6 is 0 Å². The maximum Gasteiger partial charge on any atom is 0.0297 e. The molecule has 1 aromatic rings. The number of nitrogens with zero attached hydrogens (tertiary/aromatic N) is 1. The van der Waals surface area contributed by atoms with Crippen molar-refractivity contribution < 1.29 is 0 Å². The SMILES string of the molecule is Cc1ccccc1[C@@H](C)NC1CCCN(C)C1. The minimum absolute atomic E-state index is 0.452. The van der Waals surface area contributed by atoms with E-state index in [1.165, 1.54) is 37.1 Å². The van der Waals surface area contributed by atoms with Crippen LogP contribution < -0.4 is 5.32 Å². The lowest BCUT2D eigenvalue weighted by molar-refractivity contribution is 0.218. The molecule has 2 heteroatoms. The van der Waals surface area contributed by atoms with Crippen LogP contribution in [0.1, 0.15) is 36.9 Å². The average molecular weight is 232 g/mol. The molecule has 0 spiro atoms. The number of aryl methyl sites for hydroxylation is 1. The van der Waals surface area contributed by atoms with E-state index in [0.29, 0.717) is 12.1 Å². The fourth-order valence-electron chi connectivity index (χ4n) is 2.82. The molecule has 0 aliphatic carbocycles. The van der Waals surface area contributed by atoms with Crippen LogP contribution in [-0.4, -0.2) is 31.1 Å². The van der Waals surface area contributed by atoms with E-state index in [2.05, 4.69) is 55.4 Å². The van der Waals surface area contributed by atoms with E-state index in [-0.39, 0.29) is 0 Å². The molecule has 2 nitrogen and oxygen atoms in total. The molecule has 2 atom stereocenters. The number of likely N-dealkylation sites (N-methyl/N-ethyl adjacent to an activating group) is 1. The third-order valence-electron chi connectivity index (χ3n) is 3.77. The van der Waals surface area contributed by atoms with Gasteiger partial charge in [0.2, 0.25) is 0 Å². The van der Waals surface area contributed by atoms with Gasteiger partial charge in [-0.3, -0.25) is 0 Å². The normalized spacial score (nSPS) is 23.6. The summed E-state index contributed by atoms with van der Waals surface area (Å²) in [6, 6.07) is 9.77. The van der Waals surface area contributed by atoms with Crippen LogP contribution in [0.15, 0.2) is 24.3 Å². The zero-order chi connectivity index (χ0) is 12.3. The van der Waals surface area contributed by atoms with Crippen LogP contribution in [0, 0.1) is 6.92 Å². The largest absolute Gasteiger partial charge is 0.306 e. The highest BCUT2D eigenvalue weighted by Gasteiger charge is 2.19. The third kappa shape index (κ3) is 3.30. The van der Waals surface area contributed by atoms with Crippen molar-refractivity contribution in [2.24, 2.45) is 0 Å². The molecule has 0 bridgehead atoms. The molecule has 1 aliphatic heterocycles. The summed E-state index contributed by atoms with van der Waals surface area (Å²) in [5.41, 5.74) is 2.82. The average Bonchev–Trinajstić information content (AvgIpc) is 2.29. The maximum atomic E-state index is 3.76. The molecule has 17 heavy (non-hydrogen) atoms. The molecule has 2 rings (SSSR count). The van der Waals surface area contributed by atoms with Crippen molar-refractivity contribution in [3.8, 4) is 0 Å². The number of nitrogens with one attached hydrogen (secondary N) is 1. The second-order valence-corrected chi connectivity index (χ2v) is 5.35. The second-order valence-electron chi connectivity index (χ2n) is 5.35. The van der Waals surface area contributed by atoms with Crippen molar-refractivity contribution >= 4 is 0 Å². The summed E-state index contributed by atoms with van der Waals surface area (Å²) in [6.45, 7) is 6.89. The zero-order valence-electron chi connectivity index (χ0n) is 11.2.